The molecule has 138 valence electrons. The molecule has 0 aliphatic carbocycles. The number of likely N-dealkylation sites (tertiary alicyclic amines) is 1. The van der Waals surface area contributed by atoms with Crippen molar-refractivity contribution in [3.63, 3.8) is 0 Å². The lowest BCUT2D eigenvalue weighted by atomic mass is 9.89. The first-order chi connectivity index (χ1) is 12.6. The van der Waals surface area contributed by atoms with Gasteiger partial charge in [-0.05, 0) is 26.7 Å². The molecule has 6 heteroatoms. The topological polar surface area (TPSA) is 63.4 Å². The number of piperidine rings is 1. The van der Waals surface area contributed by atoms with Gasteiger partial charge in [0, 0.05) is 35.9 Å². The lowest BCUT2D eigenvalue weighted by Crippen LogP contribution is -2.41. The van der Waals surface area contributed by atoms with E-state index in [0.717, 1.165) is 41.2 Å². The van der Waals surface area contributed by atoms with Crippen molar-refractivity contribution in [2.24, 2.45) is 5.92 Å². The van der Waals surface area contributed by atoms with Crippen LogP contribution >= 0.6 is 11.8 Å². The summed E-state index contributed by atoms with van der Waals surface area (Å²) in [5.74, 6) is 2.37. The van der Waals surface area contributed by atoms with Gasteiger partial charge in [-0.15, -0.1) is 11.8 Å². The van der Waals surface area contributed by atoms with E-state index < -0.39 is 0 Å². The van der Waals surface area contributed by atoms with Crippen LogP contribution in [0.4, 0.5) is 0 Å². The Hall–Kier alpha value is -2.08. The smallest absolute Gasteiger partial charge is 0.232 e. The molecule has 0 radical (unpaired) electrons. The van der Waals surface area contributed by atoms with E-state index in [1.165, 1.54) is 0 Å². The lowest BCUT2D eigenvalue weighted by Gasteiger charge is -2.31. The molecule has 26 heavy (non-hydrogen) atoms. The fourth-order valence-corrected chi connectivity index (χ4v) is 4.34. The number of hydrogen-bond donors (Lipinski definition) is 0. The number of carbonyl (C=O) groups excluding carboxylic acids is 2. The normalized spacial score (nSPS) is 15.2. The first-order valence-corrected chi connectivity index (χ1v) is 10.1. The zero-order valence-corrected chi connectivity index (χ0v) is 16.1. The van der Waals surface area contributed by atoms with Crippen LogP contribution in [0.15, 0.2) is 34.9 Å². The second-order valence-corrected chi connectivity index (χ2v) is 7.67. The third-order valence-electron chi connectivity index (χ3n) is 4.93. The highest BCUT2D eigenvalue weighted by molar-refractivity contribution is 7.99. The minimum Gasteiger partial charge on any atom is -0.361 e. The molecule has 3 rings (SSSR count). The van der Waals surface area contributed by atoms with E-state index >= 15 is 0 Å². The molecule has 0 bridgehead atoms. The average molecular weight is 372 g/mol. The SMILES string of the molecule is Cc1noc(C)c1CSCC(=O)N1CCC(C(=O)c2ccccc2)CC1. The van der Waals surface area contributed by atoms with Crippen LogP contribution in [-0.2, 0) is 10.5 Å². The van der Waals surface area contributed by atoms with E-state index in [1.54, 1.807) is 11.8 Å². The van der Waals surface area contributed by atoms with E-state index in [9.17, 15) is 9.59 Å². The fraction of sp³-hybridized carbons (Fsp3) is 0.450. The number of hydrogen-bond acceptors (Lipinski definition) is 5. The number of thioether (sulfide) groups is 1. The minimum atomic E-state index is 0.0245. The molecule has 0 saturated carbocycles. The molecule has 1 fully saturated rings. The summed E-state index contributed by atoms with van der Waals surface area (Å²) in [7, 11) is 0. The number of Topliss-reactive ketones (excluding diaryl/α,β-unsaturated/α-hetero) is 1. The van der Waals surface area contributed by atoms with Crippen molar-refractivity contribution >= 4 is 23.5 Å². The Kier molecular flexibility index (Phi) is 6.14. The summed E-state index contributed by atoms with van der Waals surface area (Å²) in [6.45, 7) is 5.14. The van der Waals surface area contributed by atoms with E-state index in [4.69, 9.17) is 4.52 Å². The van der Waals surface area contributed by atoms with E-state index in [-0.39, 0.29) is 17.6 Å². The number of carbonyl (C=O) groups is 2. The molecule has 0 N–H and O–H groups in total. The average Bonchev–Trinajstić information content (AvgIpc) is 3.00. The van der Waals surface area contributed by atoms with Crippen LogP contribution in [0.5, 0.6) is 0 Å². The molecule has 0 atom stereocenters. The Morgan fingerprint density at radius 1 is 1.19 bits per heavy atom. The molecule has 1 aliphatic heterocycles. The van der Waals surface area contributed by atoms with E-state index in [2.05, 4.69) is 5.16 Å². The summed E-state index contributed by atoms with van der Waals surface area (Å²) < 4.78 is 5.15. The van der Waals surface area contributed by atoms with Gasteiger partial charge < -0.3 is 9.42 Å². The van der Waals surface area contributed by atoms with Gasteiger partial charge in [-0.25, -0.2) is 0 Å². The van der Waals surface area contributed by atoms with Crippen molar-refractivity contribution in [1.29, 1.82) is 0 Å². The number of rotatable bonds is 6. The predicted octanol–water partition coefficient (Wildman–Crippen LogP) is 3.65. The van der Waals surface area contributed by atoms with Crippen LogP contribution in [0.1, 0.15) is 40.2 Å². The number of ketones is 1. The molecule has 1 amide bonds. The van der Waals surface area contributed by atoms with Gasteiger partial charge in [-0.3, -0.25) is 9.59 Å². The summed E-state index contributed by atoms with van der Waals surface area (Å²) in [4.78, 5) is 26.8. The highest BCUT2D eigenvalue weighted by atomic mass is 32.2. The number of aromatic nitrogens is 1. The van der Waals surface area contributed by atoms with Gasteiger partial charge in [0.05, 0.1) is 11.4 Å². The van der Waals surface area contributed by atoms with Gasteiger partial charge in [0.25, 0.3) is 0 Å². The van der Waals surface area contributed by atoms with E-state index in [1.807, 2.05) is 49.1 Å². The fourth-order valence-electron chi connectivity index (χ4n) is 3.27. The van der Waals surface area contributed by atoms with Gasteiger partial charge in [0.15, 0.2) is 5.78 Å². The molecule has 0 spiro atoms. The molecule has 5 nitrogen and oxygen atoms in total. The van der Waals surface area contributed by atoms with Crippen molar-refractivity contribution in [2.75, 3.05) is 18.8 Å². The van der Waals surface area contributed by atoms with Crippen molar-refractivity contribution in [2.45, 2.75) is 32.4 Å². The van der Waals surface area contributed by atoms with Crippen LogP contribution in [0.25, 0.3) is 0 Å². The van der Waals surface area contributed by atoms with Crippen LogP contribution in [-0.4, -0.2) is 40.6 Å². The lowest BCUT2D eigenvalue weighted by molar-refractivity contribution is -0.129. The van der Waals surface area contributed by atoms with Crippen LogP contribution in [0, 0.1) is 19.8 Å². The molecule has 0 unspecified atom stereocenters. The molecule has 1 aromatic heterocycles. The highest BCUT2D eigenvalue weighted by Gasteiger charge is 2.27. The molecule has 1 aromatic carbocycles. The standard InChI is InChI=1S/C20H24N2O3S/c1-14-18(15(2)25-21-14)12-26-13-19(23)22-10-8-17(9-11-22)20(24)16-6-4-3-5-7-16/h3-7,17H,8-13H2,1-2H3. The maximum atomic E-state index is 12.5. The molecule has 2 heterocycles. The third kappa shape index (κ3) is 4.36. The Morgan fingerprint density at radius 2 is 1.88 bits per heavy atom. The van der Waals surface area contributed by atoms with Crippen LogP contribution in [0.2, 0.25) is 0 Å². The monoisotopic (exact) mass is 372 g/mol. The quantitative estimate of drug-likeness (QED) is 0.724. The molecular weight excluding hydrogens is 348 g/mol. The van der Waals surface area contributed by atoms with E-state index in [0.29, 0.717) is 18.8 Å². The van der Waals surface area contributed by atoms with Crippen LogP contribution in [0.3, 0.4) is 0 Å². The van der Waals surface area contributed by atoms with Crippen molar-refractivity contribution < 1.29 is 14.1 Å². The number of benzene rings is 1. The Labute approximate surface area is 158 Å². The first kappa shape index (κ1) is 18.7. The van der Waals surface area contributed by atoms with Crippen molar-refractivity contribution in [1.82, 2.24) is 10.1 Å². The van der Waals surface area contributed by atoms with Crippen molar-refractivity contribution in [3.05, 3.63) is 52.9 Å². The Bertz CT molecular complexity index is 745. The number of amides is 1. The number of nitrogens with zero attached hydrogens (tertiary/aromatic N) is 2. The Balaban J connectivity index is 1.44. The summed E-state index contributed by atoms with van der Waals surface area (Å²) in [5, 5.41) is 3.94. The first-order valence-electron chi connectivity index (χ1n) is 8.92. The summed E-state index contributed by atoms with van der Waals surface area (Å²) in [5.41, 5.74) is 2.74. The Morgan fingerprint density at radius 3 is 2.50 bits per heavy atom. The maximum absolute atomic E-state index is 12.5. The van der Waals surface area contributed by atoms with Gasteiger partial charge >= 0.3 is 0 Å². The minimum absolute atomic E-state index is 0.0245. The van der Waals surface area contributed by atoms with Crippen molar-refractivity contribution in [3.8, 4) is 0 Å². The zero-order valence-electron chi connectivity index (χ0n) is 15.2. The largest absolute Gasteiger partial charge is 0.361 e. The third-order valence-corrected chi connectivity index (χ3v) is 5.87. The molecule has 1 aliphatic rings. The van der Waals surface area contributed by atoms with Gasteiger partial charge in [0.2, 0.25) is 5.91 Å². The number of aryl methyl sites for hydroxylation is 2. The summed E-state index contributed by atoms with van der Waals surface area (Å²) in [6.07, 6.45) is 1.49. The van der Waals surface area contributed by atoms with Gasteiger partial charge in [-0.1, -0.05) is 35.5 Å². The molecule has 2 aromatic rings. The second kappa shape index (κ2) is 8.54. The molecule has 1 saturated heterocycles. The second-order valence-electron chi connectivity index (χ2n) is 6.68. The van der Waals surface area contributed by atoms with Gasteiger partial charge in [0.1, 0.15) is 5.76 Å². The van der Waals surface area contributed by atoms with Crippen LogP contribution < -0.4 is 0 Å². The predicted molar refractivity (Wildman–Crippen MR) is 102 cm³/mol. The highest BCUT2D eigenvalue weighted by Crippen LogP contribution is 2.24. The molecular formula is C20H24N2O3S. The summed E-state index contributed by atoms with van der Waals surface area (Å²) >= 11 is 1.59. The summed E-state index contributed by atoms with van der Waals surface area (Å²) in [6, 6.07) is 9.43. The zero-order chi connectivity index (χ0) is 18.5. The van der Waals surface area contributed by atoms with Gasteiger partial charge in [-0.2, -0.15) is 0 Å². The maximum Gasteiger partial charge on any atom is 0.232 e.